The van der Waals surface area contributed by atoms with Gasteiger partial charge in [0.1, 0.15) is 7.28 Å². The smallest absolute Gasteiger partial charge is 0.203 e. The molecule has 1 radical (unpaired) electrons. The zero-order valence-electron chi connectivity index (χ0n) is 16.2. The molecule has 27 heavy (non-hydrogen) atoms. The Balaban J connectivity index is 1.99. The minimum atomic E-state index is 0.00980. The van der Waals surface area contributed by atoms with Gasteiger partial charge in [-0.2, -0.15) is 0 Å². The lowest BCUT2D eigenvalue weighted by atomic mass is 9.73. The Kier molecular flexibility index (Phi) is 5.80. The maximum absolute atomic E-state index is 12.8. The molecular weight excluding hydrogens is 333 g/mol. The van der Waals surface area contributed by atoms with Gasteiger partial charge in [-0.25, -0.2) is 0 Å². The van der Waals surface area contributed by atoms with Crippen LogP contribution in [0.4, 0.5) is 0 Å². The molecule has 0 aliphatic heterocycles. The zero-order chi connectivity index (χ0) is 19.4. The number of unbranched alkanes of at least 4 members (excludes halogenated alkanes) is 1. The Morgan fingerprint density at radius 3 is 2.59 bits per heavy atom. The zero-order valence-corrected chi connectivity index (χ0v) is 16.2. The van der Waals surface area contributed by atoms with Gasteiger partial charge in [-0.1, -0.05) is 74.2 Å². The molecule has 1 aromatic heterocycles. The maximum Gasteiger partial charge on any atom is 0.203 e. The number of nitrogens with zero attached hydrogens (tertiary/aromatic N) is 2. The number of Topliss-reactive ketones (excluding diaryl/α,β-unsaturated/α-hetero) is 1. The normalized spacial score (nSPS) is 11.4. The summed E-state index contributed by atoms with van der Waals surface area (Å²) in [6.07, 6.45) is 6.40. The molecule has 3 aromatic rings. The van der Waals surface area contributed by atoms with Crippen molar-refractivity contribution in [3.63, 3.8) is 0 Å². The van der Waals surface area contributed by atoms with Gasteiger partial charge in [-0.05, 0) is 12.5 Å². The highest BCUT2D eigenvalue weighted by Crippen LogP contribution is 2.19. The van der Waals surface area contributed by atoms with Crippen molar-refractivity contribution in [1.29, 1.82) is 5.41 Å². The van der Waals surface area contributed by atoms with Crippen molar-refractivity contribution in [3.05, 3.63) is 65.3 Å². The number of carbonyl (C=O) groups excluding carboxylic acids is 1. The van der Waals surface area contributed by atoms with E-state index in [0.717, 1.165) is 34.9 Å². The van der Waals surface area contributed by atoms with Crippen LogP contribution in [-0.2, 0) is 13.6 Å². The Morgan fingerprint density at radius 2 is 1.93 bits per heavy atom. The molecule has 0 saturated heterocycles. The summed E-state index contributed by atoms with van der Waals surface area (Å²) in [6.45, 7) is 4.29. The first-order chi connectivity index (χ1) is 13.1. The summed E-state index contributed by atoms with van der Waals surface area (Å²) in [5.41, 5.74) is 5.06. The molecule has 0 aliphatic carbocycles. The molecule has 0 unspecified atom stereocenters. The number of imidazole rings is 1. The topological polar surface area (TPSA) is 50.8 Å². The van der Waals surface area contributed by atoms with Crippen LogP contribution in [0, 0.1) is 5.41 Å². The Labute approximate surface area is 160 Å². The van der Waals surface area contributed by atoms with E-state index < -0.39 is 0 Å². The van der Waals surface area contributed by atoms with Gasteiger partial charge >= 0.3 is 0 Å². The first kappa shape index (κ1) is 19.0. The van der Waals surface area contributed by atoms with Crippen LogP contribution in [-0.4, -0.2) is 22.2 Å². The molecular formula is C22H25BN3O. The Morgan fingerprint density at radius 1 is 1.19 bits per heavy atom. The van der Waals surface area contributed by atoms with E-state index in [1.165, 1.54) is 0 Å². The standard InChI is InChI=1S/C22H25BN3O/c1-4-5-6-8-17-9-7-10-19-21(17)25(3)22(24)26(19)15-20(27)16-11-13-18(23-2)14-12-16/h6-14,24H,4-5,15H2,1-3H3/b8-6+,24-22?. The predicted octanol–water partition coefficient (Wildman–Crippen LogP) is 3.53. The number of hydrogen-bond donors (Lipinski definition) is 1. The van der Waals surface area contributed by atoms with Gasteiger partial charge in [0.2, 0.25) is 5.62 Å². The number of allylic oxidation sites excluding steroid dienone is 1. The lowest BCUT2D eigenvalue weighted by Gasteiger charge is -2.05. The van der Waals surface area contributed by atoms with Crippen molar-refractivity contribution in [3.8, 4) is 0 Å². The van der Waals surface area contributed by atoms with E-state index >= 15 is 0 Å². The number of para-hydroxylation sites is 1. The summed E-state index contributed by atoms with van der Waals surface area (Å²) in [4.78, 5) is 12.8. The fourth-order valence-corrected chi connectivity index (χ4v) is 3.30. The second-order valence-corrected chi connectivity index (χ2v) is 6.71. The van der Waals surface area contributed by atoms with Gasteiger partial charge < -0.3 is 9.13 Å². The highest BCUT2D eigenvalue weighted by Gasteiger charge is 2.14. The predicted molar refractivity (Wildman–Crippen MR) is 113 cm³/mol. The van der Waals surface area contributed by atoms with Crippen molar-refractivity contribution in [2.24, 2.45) is 7.05 Å². The van der Waals surface area contributed by atoms with Crippen LogP contribution in [0.1, 0.15) is 35.7 Å². The van der Waals surface area contributed by atoms with Crippen LogP contribution >= 0.6 is 0 Å². The Hall–Kier alpha value is -2.82. The van der Waals surface area contributed by atoms with Gasteiger partial charge in [0.15, 0.2) is 5.78 Å². The molecule has 1 N–H and O–H groups in total. The summed E-state index contributed by atoms with van der Waals surface area (Å²) in [5.74, 6) is 0.00980. The summed E-state index contributed by atoms with van der Waals surface area (Å²) >= 11 is 0. The molecule has 2 aromatic carbocycles. The van der Waals surface area contributed by atoms with E-state index in [1.54, 1.807) is 4.57 Å². The van der Waals surface area contributed by atoms with Crippen molar-refractivity contribution in [2.45, 2.75) is 33.1 Å². The van der Waals surface area contributed by atoms with E-state index in [-0.39, 0.29) is 12.3 Å². The van der Waals surface area contributed by atoms with Gasteiger partial charge in [0, 0.05) is 18.2 Å². The van der Waals surface area contributed by atoms with Crippen molar-refractivity contribution in [2.75, 3.05) is 0 Å². The molecule has 0 amide bonds. The average Bonchev–Trinajstić information content (AvgIpc) is 2.94. The molecule has 1 heterocycles. The molecule has 0 saturated carbocycles. The van der Waals surface area contributed by atoms with Crippen LogP contribution in [0.25, 0.3) is 17.1 Å². The maximum atomic E-state index is 12.8. The minimum Gasteiger partial charge on any atom is -0.313 e. The van der Waals surface area contributed by atoms with E-state index in [9.17, 15) is 4.79 Å². The monoisotopic (exact) mass is 358 g/mol. The highest BCUT2D eigenvalue weighted by atomic mass is 16.1. The number of fused-ring (bicyclic) bond motifs is 1. The van der Waals surface area contributed by atoms with Crippen molar-refractivity contribution < 1.29 is 4.79 Å². The number of benzene rings is 2. The van der Waals surface area contributed by atoms with Crippen LogP contribution in [0.3, 0.4) is 0 Å². The second-order valence-electron chi connectivity index (χ2n) is 6.71. The van der Waals surface area contributed by atoms with E-state index in [2.05, 4.69) is 25.1 Å². The summed E-state index contributed by atoms with van der Waals surface area (Å²) in [6, 6.07) is 13.6. The lowest BCUT2D eigenvalue weighted by Crippen LogP contribution is -2.26. The number of carbonyl (C=O) groups is 1. The third-order valence-electron chi connectivity index (χ3n) is 4.87. The largest absolute Gasteiger partial charge is 0.313 e. The van der Waals surface area contributed by atoms with E-state index in [4.69, 9.17) is 5.41 Å². The van der Waals surface area contributed by atoms with Crippen LogP contribution < -0.4 is 11.1 Å². The number of aromatic nitrogens is 2. The molecule has 0 bridgehead atoms. The summed E-state index contributed by atoms with van der Waals surface area (Å²) < 4.78 is 3.64. The van der Waals surface area contributed by atoms with Crippen molar-refractivity contribution in [1.82, 2.24) is 9.13 Å². The number of hydrogen-bond acceptors (Lipinski definition) is 2. The summed E-state index contributed by atoms with van der Waals surface area (Å²) in [5, 5.41) is 8.50. The van der Waals surface area contributed by atoms with Crippen LogP contribution in [0.2, 0.25) is 6.82 Å². The molecule has 0 atom stereocenters. The molecule has 137 valence electrons. The quantitative estimate of drug-likeness (QED) is 0.510. The molecule has 0 spiro atoms. The third-order valence-corrected chi connectivity index (χ3v) is 4.87. The fraction of sp³-hybridized carbons (Fsp3) is 0.273. The lowest BCUT2D eigenvalue weighted by molar-refractivity contribution is 0.0971. The fourth-order valence-electron chi connectivity index (χ4n) is 3.30. The van der Waals surface area contributed by atoms with E-state index in [0.29, 0.717) is 11.2 Å². The molecule has 0 aliphatic rings. The van der Waals surface area contributed by atoms with Crippen LogP contribution in [0.15, 0.2) is 48.5 Å². The summed E-state index contributed by atoms with van der Waals surface area (Å²) in [7, 11) is 3.89. The number of ketones is 1. The van der Waals surface area contributed by atoms with Gasteiger partial charge in [-0.15, -0.1) is 0 Å². The van der Waals surface area contributed by atoms with Crippen molar-refractivity contribution >= 4 is 35.6 Å². The third kappa shape index (κ3) is 3.82. The van der Waals surface area contributed by atoms with Gasteiger partial charge in [-0.3, -0.25) is 10.2 Å². The van der Waals surface area contributed by atoms with Gasteiger partial charge in [0.05, 0.1) is 17.6 Å². The number of aryl methyl sites for hydroxylation is 1. The van der Waals surface area contributed by atoms with Gasteiger partial charge in [0.25, 0.3) is 0 Å². The average molecular weight is 358 g/mol. The Bertz CT molecular complexity index is 1040. The first-order valence-electron chi connectivity index (χ1n) is 9.38. The SMILES string of the molecule is C[B]c1ccc(C(=O)Cn2c(=N)n(C)c3c(/C=C/CCC)cccc32)cc1. The first-order valence-corrected chi connectivity index (χ1v) is 9.38. The molecule has 4 nitrogen and oxygen atoms in total. The second kappa shape index (κ2) is 8.25. The van der Waals surface area contributed by atoms with Crippen LogP contribution in [0.5, 0.6) is 0 Å². The number of nitrogens with one attached hydrogen (secondary N) is 1. The number of rotatable bonds is 7. The minimum absolute atomic E-state index is 0.00980. The molecule has 0 fully saturated rings. The molecule has 3 rings (SSSR count). The van der Waals surface area contributed by atoms with E-state index in [1.807, 2.05) is 62.1 Å². The highest BCUT2D eigenvalue weighted by molar-refractivity contribution is 6.51. The molecule has 5 heteroatoms.